The summed E-state index contributed by atoms with van der Waals surface area (Å²) in [6.07, 6.45) is 4.87. The molecule has 0 aromatic heterocycles. The highest BCUT2D eigenvalue weighted by Gasteiger charge is 2.26. The van der Waals surface area contributed by atoms with Crippen molar-refractivity contribution in [2.24, 2.45) is 5.92 Å². The molecule has 0 radical (unpaired) electrons. The van der Waals surface area contributed by atoms with Gasteiger partial charge in [0.05, 0.1) is 5.75 Å². The zero-order valence-corrected chi connectivity index (χ0v) is 12.9. The van der Waals surface area contributed by atoms with Crippen LogP contribution in [-0.4, -0.2) is 20.0 Å². The molecule has 1 aromatic carbocycles. The molecule has 0 atom stereocenters. The van der Waals surface area contributed by atoms with Crippen LogP contribution in [-0.2, 0) is 20.4 Å². The van der Waals surface area contributed by atoms with E-state index in [9.17, 15) is 13.2 Å². The van der Waals surface area contributed by atoms with Gasteiger partial charge in [-0.2, -0.15) is 0 Å². The summed E-state index contributed by atoms with van der Waals surface area (Å²) in [4.78, 5) is 12.1. The Bertz CT molecular complexity index is 575. The number of sulfone groups is 1. The Morgan fingerprint density at radius 1 is 1.15 bits per heavy atom. The average Bonchev–Trinajstić information content (AvgIpc) is 2.41. The fraction of sp³-hybridized carbons (Fsp3) is 0.533. The van der Waals surface area contributed by atoms with E-state index < -0.39 is 9.84 Å². The largest absolute Gasteiger partial charge is 0.298 e. The molecule has 110 valence electrons. The van der Waals surface area contributed by atoms with Gasteiger partial charge in [0.25, 0.3) is 0 Å². The summed E-state index contributed by atoms with van der Waals surface area (Å²) in [6, 6.07) is 6.85. The predicted molar refractivity (Wildman–Crippen MR) is 80.5 cm³/mol. The number of carbonyl (C=O) groups excluding carboxylic acids is 1. The summed E-state index contributed by atoms with van der Waals surface area (Å²) < 4.78 is 24.3. The second kappa shape index (κ2) is 6.72. The first-order valence-corrected chi connectivity index (χ1v) is 9.14. The summed E-state index contributed by atoms with van der Waals surface area (Å²) in [6.45, 7) is 0. The minimum absolute atomic E-state index is 0.0650. The first kappa shape index (κ1) is 15.5. The zero-order chi connectivity index (χ0) is 14.6. The number of halogens is 1. The van der Waals surface area contributed by atoms with Gasteiger partial charge in [-0.1, -0.05) is 49.1 Å². The molecular weight excluding hydrogens is 296 g/mol. The lowest BCUT2D eigenvalue weighted by Crippen LogP contribution is -2.26. The molecule has 5 heteroatoms. The summed E-state index contributed by atoms with van der Waals surface area (Å²) in [5.41, 5.74) is 0.561. The first-order chi connectivity index (χ1) is 9.48. The fourth-order valence-electron chi connectivity index (χ4n) is 2.66. The molecule has 1 aliphatic rings. The molecule has 1 aliphatic carbocycles. The maximum Gasteiger partial charge on any atom is 0.161 e. The van der Waals surface area contributed by atoms with E-state index in [0.717, 1.165) is 32.1 Å². The van der Waals surface area contributed by atoms with E-state index in [1.165, 1.54) is 0 Å². The Morgan fingerprint density at radius 2 is 1.80 bits per heavy atom. The molecule has 0 bridgehead atoms. The van der Waals surface area contributed by atoms with Crippen LogP contribution < -0.4 is 0 Å². The van der Waals surface area contributed by atoms with Gasteiger partial charge < -0.3 is 0 Å². The standard InChI is InChI=1S/C15H19ClO3S/c16-14-9-5-4-8-13(14)10-20(18,19)11-15(17)12-6-2-1-3-7-12/h4-5,8-9,12H,1-3,6-7,10-11H2. The van der Waals surface area contributed by atoms with E-state index >= 15 is 0 Å². The number of hydrogen-bond acceptors (Lipinski definition) is 3. The van der Waals surface area contributed by atoms with E-state index in [4.69, 9.17) is 11.6 Å². The van der Waals surface area contributed by atoms with Crippen LogP contribution in [0.3, 0.4) is 0 Å². The average molecular weight is 315 g/mol. The van der Waals surface area contributed by atoms with Crippen LogP contribution in [0, 0.1) is 5.92 Å². The number of Topliss-reactive ketones (excluding diaryl/α,β-unsaturated/α-hetero) is 1. The van der Waals surface area contributed by atoms with Gasteiger partial charge in [0, 0.05) is 10.9 Å². The molecule has 3 nitrogen and oxygen atoms in total. The molecule has 0 N–H and O–H groups in total. The highest BCUT2D eigenvalue weighted by atomic mass is 35.5. The molecular formula is C15H19ClO3S. The van der Waals surface area contributed by atoms with Crippen molar-refractivity contribution in [2.45, 2.75) is 37.9 Å². The molecule has 0 unspecified atom stereocenters. The Labute approximate surface area is 125 Å². The second-order valence-electron chi connectivity index (χ2n) is 5.42. The molecule has 0 amide bonds. The van der Waals surface area contributed by atoms with E-state index in [0.29, 0.717) is 10.6 Å². The van der Waals surface area contributed by atoms with Crippen molar-refractivity contribution < 1.29 is 13.2 Å². The number of benzene rings is 1. The van der Waals surface area contributed by atoms with Crippen molar-refractivity contribution in [1.29, 1.82) is 0 Å². The van der Waals surface area contributed by atoms with Gasteiger partial charge in [-0.15, -0.1) is 0 Å². The zero-order valence-electron chi connectivity index (χ0n) is 11.3. The van der Waals surface area contributed by atoms with Gasteiger partial charge in [0.15, 0.2) is 15.6 Å². The number of carbonyl (C=O) groups is 1. The minimum Gasteiger partial charge on any atom is -0.298 e. The lowest BCUT2D eigenvalue weighted by atomic mass is 9.87. The molecule has 1 aromatic rings. The van der Waals surface area contributed by atoms with Crippen molar-refractivity contribution in [2.75, 3.05) is 5.75 Å². The molecule has 20 heavy (non-hydrogen) atoms. The van der Waals surface area contributed by atoms with Gasteiger partial charge in [-0.05, 0) is 24.5 Å². The smallest absolute Gasteiger partial charge is 0.161 e. The molecule has 0 aliphatic heterocycles. The monoisotopic (exact) mass is 314 g/mol. The van der Waals surface area contributed by atoms with Crippen LogP contribution in [0.25, 0.3) is 0 Å². The Morgan fingerprint density at radius 3 is 2.45 bits per heavy atom. The summed E-state index contributed by atoms with van der Waals surface area (Å²) in [5.74, 6) is -0.713. The number of ketones is 1. The SMILES string of the molecule is O=C(CS(=O)(=O)Cc1ccccc1Cl)C1CCCCC1. The Kier molecular flexibility index (Phi) is 5.22. The van der Waals surface area contributed by atoms with Crippen LogP contribution in [0.15, 0.2) is 24.3 Å². The topological polar surface area (TPSA) is 51.2 Å². The first-order valence-electron chi connectivity index (χ1n) is 6.94. The van der Waals surface area contributed by atoms with E-state index in [1.807, 2.05) is 0 Å². The third kappa shape index (κ3) is 4.32. The highest BCUT2D eigenvalue weighted by molar-refractivity contribution is 7.91. The summed E-state index contributed by atoms with van der Waals surface area (Å²) in [7, 11) is -3.44. The quantitative estimate of drug-likeness (QED) is 0.837. The lowest BCUT2D eigenvalue weighted by Gasteiger charge is -2.20. The molecule has 0 heterocycles. The van der Waals surface area contributed by atoms with Gasteiger partial charge in [0.2, 0.25) is 0 Å². The van der Waals surface area contributed by atoms with E-state index in [-0.39, 0.29) is 23.2 Å². The molecule has 1 fully saturated rings. The minimum atomic E-state index is -3.44. The van der Waals surface area contributed by atoms with Crippen LogP contribution in [0.5, 0.6) is 0 Å². The molecule has 1 saturated carbocycles. The fourth-order valence-corrected chi connectivity index (χ4v) is 4.44. The van der Waals surface area contributed by atoms with Crippen molar-refractivity contribution in [3.8, 4) is 0 Å². The van der Waals surface area contributed by atoms with Crippen molar-refractivity contribution in [1.82, 2.24) is 0 Å². The van der Waals surface area contributed by atoms with Crippen LogP contribution in [0.1, 0.15) is 37.7 Å². The number of rotatable bonds is 5. The van der Waals surface area contributed by atoms with Gasteiger partial charge in [-0.25, -0.2) is 8.42 Å². The predicted octanol–water partition coefficient (Wildman–Crippen LogP) is 3.40. The van der Waals surface area contributed by atoms with E-state index in [1.54, 1.807) is 24.3 Å². The van der Waals surface area contributed by atoms with Gasteiger partial charge >= 0.3 is 0 Å². The Balaban J connectivity index is 2.00. The van der Waals surface area contributed by atoms with Crippen molar-refractivity contribution >= 4 is 27.2 Å². The highest BCUT2D eigenvalue weighted by Crippen LogP contribution is 2.25. The third-order valence-electron chi connectivity index (χ3n) is 3.76. The van der Waals surface area contributed by atoms with Crippen LogP contribution >= 0.6 is 11.6 Å². The molecule has 2 rings (SSSR count). The maximum absolute atomic E-state index is 12.1. The molecule has 0 saturated heterocycles. The van der Waals surface area contributed by atoms with E-state index in [2.05, 4.69) is 0 Å². The Hall–Kier alpha value is -0.870. The summed E-state index contributed by atoms with van der Waals surface area (Å²) in [5, 5.41) is 0.432. The van der Waals surface area contributed by atoms with Gasteiger partial charge in [-0.3, -0.25) is 4.79 Å². The lowest BCUT2D eigenvalue weighted by molar-refractivity contribution is -0.121. The van der Waals surface area contributed by atoms with Crippen molar-refractivity contribution in [3.63, 3.8) is 0 Å². The van der Waals surface area contributed by atoms with Crippen molar-refractivity contribution in [3.05, 3.63) is 34.9 Å². The third-order valence-corrected chi connectivity index (χ3v) is 5.60. The molecule has 0 spiro atoms. The number of hydrogen-bond donors (Lipinski definition) is 0. The second-order valence-corrected chi connectivity index (χ2v) is 7.90. The van der Waals surface area contributed by atoms with Crippen LogP contribution in [0.4, 0.5) is 0 Å². The normalized spacial score (nSPS) is 17.1. The summed E-state index contributed by atoms with van der Waals surface area (Å²) >= 11 is 5.97. The van der Waals surface area contributed by atoms with Crippen LogP contribution in [0.2, 0.25) is 5.02 Å². The van der Waals surface area contributed by atoms with Gasteiger partial charge in [0.1, 0.15) is 5.75 Å². The maximum atomic E-state index is 12.1.